The van der Waals surface area contributed by atoms with Gasteiger partial charge in [0.25, 0.3) is 5.56 Å². The Morgan fingerprint density at radius 2 is 2.57 bits per heavy atom. The van der Waals surface area contributed by atoms with Gasteiger partial charge in [-0.25, -0.2) is 4.68 Å². The fourth-order valence-corrected chi connectivity index (χ4v) is 1.56. The van der Waals surface area contributed by atoms with Gasteiger partial charge in [0.15, 0.2) is 0 Å². The van der Waals surface area contributed by atoms with E-state index in [2.05, 4.69) is 16.3 Å². The van der Waals surface area contributed by atoms with Crippen molar-refractivity contribution in [1.29, 1.82) is 0 Å². The van der Waals surface area contributed by atoms with Crippen molar-refractivity contribution in [2.75, 3.05) is 6.54 Å². The van der Waals surface area contributed by atoms with Crippen LogP contribution in [0.1, 0.15) is 11.3 Å². The van der Waals surface area contributed by atoms with Crippen molar-refractivity contribution < 1.29 is 0 Å². The summed E-state index contributed by atoms with van der Waals surface area (Å²) in [7, 11) is 0. The van der Waals surface area contributed by atoms with Crippen LogP contribution < -0.4 is 10.9 Å². The zero-order valence-corrected chi connectivity index (χ0v) is 7.79. The van der Waals surface area contributed by atoms with Crippen molar-refractivity contribution in [3.8, 4) is 12.3 Å². The quantitative estimate of drug-likeness (QED) is 0.607. The van der Waals surface area contributed by atoms with Crippen LogP contribution in [0.5, 0.6) is 0 Å². The highest BCUT2D eigenvalue weighted by atomic mass is 16.1. The topological polar surface area (TPSA) is 46.9 Å². The maximum absolute atomic E-state index is 11.5. The van der Waals surface area contributed by atoms with Crippen molar-refractivity contribution in [3.63, 3.8) is 0 Å². The molecule has 0 spiro atoms. The minimum atomic E-state index is -0.120. The highest BCUT2D eigenvalue weighted by Crippen LogP contribution is 2.07. The molecule has 1 aliphatic rings. The fourth-order valence-electron chi connectivity index (χ4n) is 1.56. The Labute approximate surface area is 81.9 Å². The van der Waals surface area contributed by atoms with E-state index in [1.165, 1.54) is 4.68 Å². The lowest BCUT2D eigenvalue weighted by Crippen LogP contribution is -2.31. The van der Waals surface area contributed by atoms with Crippen molar-refractivity contribution in [2.24, 2.45) is 0 Å². The van der Waals surface area contributed by atoms with Gasteiger partial charge in [0.2, 0.25) is 0 Å². The number of aromatic nitrogens is 2. The lowest BCUT2D eigenvalue weighted by atomic mass is 10.1. The van der Waals surface area contributed by atoms with Crippen LogP contribution >= 0.6 is 0 Å². The van der Waals surface area contributed by atoms with E-state index < -0.39 is 0 Å². The third-order valence-corrected chi connectivity index (χ3v) is 2.26. The van der Waals surface area contributed by atoms with Crippen molar-refractivity contribution in [3.05, 3.63) is 27.7 Å². The Morgan fingerprint density at radius 3 is 3.36 bits per heavy atom. The van der Waals surface area contributed by atoms with Gasteiger partial charge in [-0.05, 0) is 5.56 Å². The number of fused-ring (bicyclic) bond motifs is 1. The summed E-state index contributed by atoms with van der Waals surface area (Å²) < 4.78 is 1.34. The average Bonchev–Trinajstić information content (AvgIpc) is 2.19. The molecule has 0 unspecified atom stereocenters. The Morgan fingerprint density at radius 1 is 1.71 bits per heavy atom. The van der Waals surface area contributed by atoms with Crippen LogP contribution in [0, 0.1) is 12.3 Å². The molecule has 0 aliphatic carbocycles. The van der Waals surface area contributed by atoms with E-state index in [1.807, 2.05) is 0 Å². The van der Waals surface area contributed by atoms with Crippen LogP contribution in [0.3, 0.4) is 0 Å². The summed E-state index contributed by atoms with van der Waals surface area (Å²) in [5.74, 6) is 2.42. The predicted octanol–water partition coefficient (Wildman–Crippen LogP) is -0.478. The standard InChI is InChI=1S/C10H11N3O/c1-2-5-13-10(14)6-8-7-11-4-3-9(8)12-13/h1,6,11H,3-5,7H2. The van der Waals surface area contributed by atoms with Gasteiger partial charge < -0.3 is 5.32 Å². The normalized spacial score (nSPS) is 14.5. The van der Waals surface area contributed by atoms with Gasteiger partial charge in [0.1, 0.15) is 6.54 Å². The Kier molecular flexibility index (Phi) is 2.33. The number of hydrogen-bond acceptors (Lipinski definition) is 3. The summed E-state index contributed by atoms with van der Waals surface area (Å²) >= 11 is 0. The molecule has 4 nitrogen and oxygen atoms in total. The molecule has 1 N–H and O–H groups in total. The number of hydrogen-bond donors (Lipinski definition) is 1. The predicted molar refractivity (Wildman–Crippen MR) is 52.7 cm³/mol. The summed E-state index contributed by atoms with van der Waals surface area (Å²) in [5, 5.41) is 7.42. The van der Waals surface area contributed by atoms with Crippen LogP contribution in [0.4, 0.5) is 0 Å². The average molecular weight is 189 g/mol. The Hall–Kier alpha value is -1.60. The monoisotopic (exact) mass is 189 g/mol. The molecule has 0 saturated heterocycles. The van der Waals surface area contributed by atoms with Gasteiger partial charge in [-0.3, -0.25) is 4.79 Å². The van der Waals surface area contributed by atoms with E-state index in [-0.39, 0.29) is 12.1 Å². The molecule has 1 aromatic heterocycles. The fraction of sp³-hybridized carbons (Fsp3) is 0.400. The molecule has 2 heterocycles. The van der Waals surface area contributed by atoms with E-state index >= 15 is 0 Å². The largest absolute Gasteiger partial charge is 0.312 e. The molecule has 0 radical (unpaired) electrons. The van der Waals surface area contributed by atoms with Crippen LogP contribution in [0.2, 0.25) is 0 Å². The number of terminal acetylenes is 1. The van der Waals surface area contributed by atoms with Gasteiger partial charge in [-0.1, -0.05) is 5.92 Å². The van der Waals surface area contributed by atoms with E-state index in [4.69, 9.17) is 6.42 Å². The molecule has 14 heavy (non-hydrogen) atoms. The maximum Gasteiger partial charge on any atom is 0.267 e. The van der Waals surface area contributed by atoms with E-state index in [9.17, 15) is 4.79 Å². The summed E-state index contributed by atoms with van der Waals surface area (Å²) in [4.78, 5) is 11.5. The van der Waals surface area contributed by atoms with Gasteiger partial charge in [0.05, 0.1) is 5.69 Å². The smallest absolute Gasteiger partial charge is 0.267 e. The molecule has 1 aliphatic heterocycles. The molecule has 1 aromatic rings. The molecule has 72 valence electrons. The lowest BCUT2D eigenvalue weighted by Gasteiger charge is -2.16. The van der Waals surface area contributed by atoms with Crippen LogP contribution in [0.25, 0.3) is 0 Å². The van der Waals surface area contributed by atoms with Gasteiger partial charge >= 0.3 is 0 Å². The highest BCUT2D eigenvalue weighted by molar-refractivity contribution is 5.20. The second-order valence-corrected chi connectivity index (χ2v) is 3.24. The van der Waals surface area contributed by atoms with E-state index in [1.54, 1.807) is 6.07 Å². The SMILES string of the molecule is C#CCn1nc2c(cc1=O)CNCC2. The van der Waals surface area contributed by atoms with E-state index in [0.29, 0.717) is 0 Å². The molecule has 0 amide bonds. The van der Waals surface area contributed by atoms with E-state index in [0.717, 1.165) is 30.8 Å². The first-order valence-corrected chi connectivity index (χ1v) is 4.55. The summed E-state index contributed by atoms with van der Waals surface area (Å²) in [5.41, 5.74) is 1.86. The molecular formula is C10H11N3O. The molecule has 0 fully saturated rings. The Balaban J connectivity index is 2.47. The molecule has 2 rings (SSSR count). The second kappa shape index (κ2) is 3.64. The highest BCUT2D eigenvalue weighted by Gasteiger charge is 2.11. The van der Waals surface area contributed by atoms with Crippen LogP contribution in [-0.2, 0) is 19.5 Å². The number of rotatable bonds is 1. The summed E-state index contributed by atoms with van der Waals surface area (Å²) in [6.07, 6.45) is 6.00. The minimum Gasteiger partial charge on any atom is -0.312 e. The first-order chi connectivity index (χ1) is 6.81. The van der Waals surface area contributed by atoms with Crippen molar-refractivity contribution in [1.82, 2.24) is 15.1 Å². The molecule has 4 heteroatoms. The zero-order valence-electron chi connectivity index (χ0n) is 7.79. The third-order valence-electron chi connectivity index (χ3n) is 2.26. The lowest BCUT2D eigenvalue weighted by molar-refractivity contribution is 0.571. The van der Waals surface area contributed by atoms with Crippen molar-refractivity contribution in [2.45, 2.75) is 19.5 Å². The zero-order chi connectivity index (χ0) is 9.97. The molecular weight excluding hydrogens is 178 g/mol. The molecule has 0 saturated carbocycles. The van der Waals surface area contributed by atoms with Gasteiger partial charge in [0, 0.05) is 25.6 Å². The Bertz CT molecular complexity index is 442. The number of nitrogens with zero attached hydrogens (tertiary/aromatic N) is 2. The summed E-state index contributed by atoms with van der Waals surface area (Å²) in [6.45, 7) is 1.89. The van der Waals surface area contributed by atoms with Crippen LogP contribution in [-0.4, -0.2) is 16.3 Å². The van der Waals surface area contributed by atoms with Crippen LogP contribution in [0.15, 0.2) is 10.9 Å². The van der Waals surface area contributed by atoms with Gasteiger partial charge in [-0.2, -0.15) is 5.10 Å². The second-order valence-electron chi connectivity index (χ2n) is 3.24. The first-order valence-electron chi connectivity index (χ1n) is 4.55. The number of nitrogens with one attached hydrogen (secondary N) is 1. The minimum absolute atomic E-state index is 0.120. The summed E-state index contributed by atoms with van der Waals surface area (Å²) in [6, 6.07) is 1.62. The molecule has 0 bridgehead atoms. The molecule has 0 aromatic carbocycles. The van der Waals surface area contributed by atoms with Gasteiger partial charge in [-0.15, -0.1) is 6.42 Å². The maximum atomic E-state index is 11.5. The first kappa shape index (κ1) is 8.97. The molecule has 0 atom stereocenters. The third kappa shape index (κ3) is 1.54. The van der Waals surface area contributed by atoms with Crippen molar-refractivity contribution >= 4 is 0 Å².